The van der Waals surface area contributed by atoms with E-state index >= 15 is 0 Å². The van der Waals surface area contributed by atoms with Crippen LogP contribution in [-0.2, 0) is 16.9 Å². The second-order valence-corrected chi connectivity index (χ2v) is 7.47. The van der Waals surface area contributed by atoms with Gasteiger partial charge in [-0.25, -0.2) is 4.79 Å². The Kier molecular flexibility index (Phi) is 5.18. The number of likely N-dealkylation sites (tertiary alicyclic amines) is 2. The Balaban J connectivity index is 1.40. The maximum absolute atomic E-state index is 12.6. The molecule has 2 amide bonds. The molecule has 0 aromatic heterocycles. The number of carbonyl (C=O) groups is 1. The minimum atomic E-state index is -0.483. The molecule has 144 valence electrons. The molecule has 2 aliphatic rings. The highest BCUT2D eigenvalue weighted by atomic mass is 16.5. The Labute approximate surface area is 165 Å². The van der Waals surface area contributed by atoms with E-state index in [0.29, 0.717) is 32.8 Å². The quantitative estimate of drug-likeness (QED) is 0.815. The minimum absolute atomic E-state index is 0.0316. The van der Waals surface area contributed by atoms with Crippen molar-refractivity contribution in [2.75, 3.05) is 26.2 Å². The Morgan fingerprint density at radius 1 is 1.14 bits per heavy atom. The van der Waals surface area contributed by atoms with Gasteiger partial charge in [-0.2, -0.15) is 5.26 Å². The molecule has 2 heterocycles. The van der Waals surface area contributed by atoms with E-state index in [-0.39, 0.29) is 12.1 Å². The molecule has 1 N–H and O–H groups in total. The Hall–Kier alpha value is -3.04. The lowest BCUT2D eigenvalue weighted by Gasteiger charge is -2.50. The average molecular weight is 376 g/mol. The predicted molar refractivity (Wildman–Crippen MR) is 105 cm³/mol. The second kappa shape index (κ2) is 7.91. The number of rotatable bonds is 5. The number of nitrogens with one attached hydrogen (secondary N) is 1. The molecule has 6 nitrogen and oxygen atoms in total. The van der Waals surface area contributed by atoms with Crippen molar-refractivity contribution in [2.24, 2.45) is 0 Å². The summed E-state index contributed by atoms with van der Waals surface area (Å²) in [5, 5.41) is 12.0. The van der Waals surface area contributed by atoms with Crippen molar-refractivity contribution in [3.8, 4) is 6.19 Å². The lowest BCUT2D eigenvalue weighted by molar-refractivity contribution is -0.142. The smallest absolute Gasteiger partial charge is 0.317 e. The third-order valence-electron chi connectivity index (χ3n) is 5.49. The van der Waals surface area contributed by atoms with Crippen LogP contribution in [0.1, 0.15) is 17.5 Å². The molecule has 2 aromatic rings. The van der Waals surface area contributed by atoms with Gasteiger partial charge in [0.15, 0.2) is 6.19 Å². The van der Waals surface area contributed by atoms with Crippen LogP contribution in [0.5, 0.6) is 0 Å². The van der Waals surface area contributed by atoms with Crippen LogP contribution in [0.2, 0.25) is 0 Å². The fourth-order valence-corrected chi connectivity index (χ4v) is 3.84. The van der Waals surface area contributed by atoms with Gasteiger partial charge in [-0.3, -0.25) is 0 Å². The molecule has 1 atom stereocenters. The van der Waals surface area contributed by atoms with Gasteiger partial charge in [0, 0.05) is 13.1 Å². The molecule has 0 radical (unpaired) electrons. The molecule has 6 heteroatoms. The number of hydrogen-bond donors (Lipinski definition) is 1. The highest BCUT2D eigenvalue weighted by molar-refractivity contribution is 5.76. The van der Waals surface area contributed by atoms with Crippen LogP contribution in [-0.4, -0.2) is 48.1 Å². The van der Waals surface area contributed by atoms with Crippen LogP contribution >= 0.6 is 0 Å². The van der Waals surface area contributed by atoms with Crippen LogP contribution in [0.15, 0.2) is 60.7 Å². The molecule has 0 bridgehead atoms. The van der Waals surface area contributed by atoms with Gasteiger partial charge >= 0.3 is 6.03 Å². The summed E-state index contributed by atoms with van der Waals surface area (Å²) in [6.07, 6.45) is 2.95. The molecule has 0 aliphatic carbocycles. The first-order valence-corrected chi connectivity index (χ1v) is 9.62. The van der Waals surface area contributed by atoms with Crippen molar-refractivity contribution >= 4 is 6.03 Å². The first-order chi connectivity index (χ1) is 13.7. The molecule has 0 saturated carbocycles. The number of carbonyl (C=O) groups excluding carboxylic acids is 1. The number of ether oxygens (including phenoxy) is 1. The van der Waals surface area contributed by atoms with E-state index in [4.69, 9.17) is 10.00 Å². The SMILES string of the molecule is N#CN1CC[C@@H](NC(=O)N2CC(OCc3ccccc3)(c3ccccc3)C2)C1. The van der Waals surface area contributed by atoms with Gasteiger partial charge in [0.1, 0.15) is 5.60 Å². The van der Waals surface area contributed by atoms with Crippen molar-refractivity contribution in [1.82, 2.24) is 15.1 Å². The van der Waals surface area contributed by atoms with Gasteiger partial charge in [0.2, 0.25) is 0 Å². The summed E-state index contributed by atoms with van der Waals surface area (Å²) >= 11 is 0. The summed E-state index contributed by atoms with van der Waals surface area (Å²) in [7, 11) is 0. The fourth-order valence-electron chi connectivity index (χ4n) is 3.84. The molecule has 0 spiro atoms. The van der Waals surface area contributed by atoms with Crippen LogP contribution < -0.4 is 5.32 Å². The molecule has 4 rings (SSSR count). The van der Waals surface area contributed by atoms with E-state index in [1.807, 2.05) is 48.5 Å². The number of amides is 2. The van der Waals surface area contributed by atoms with Crippen LogP contribution in [0, 0.1) is 11.5 Å². The Bertz CT molecular complexity index is 844. The summed E-state index contributed by atoms with van der Waals surface area (Å²) in [6, 6.07) is 20.1. The molecular weight excluding hydrogens is 352 g/mol. The Morgan fingerprint density at radius 3 is 2.46 bits per heavy atom. The highest BCUT2D eigenvalue weighted by Gasteiger charge is 2.48. The van der Waals surface area contributed by atoms with Crippen molar-refractivity contribution in [3.05, 3.63) is 71.8 Å². The Morgan fingerprint density at radius 2 is 1.82 bits per heavy atom. The lowest BCUT2D eigenvalue weighted by Crippen LogP contribution is -2.65. The summed E-state index contributed by atoms with van der Waals surface area (Å²) in [5.74, 6) is 0. The third kappa shape index (κ3) is 3.80. The van der Waals surface area contributed by atoms with Crippen molar-refractivity contribution in [2.45, 2.75) is 24.7 Å². The lowest BCUT2D eigenvalue weighted by atomic mass is 9.86. The molecule has 2 aromatic carbocycles. The highest BCUT2D eigenvalue weighted by Crippen LogP contribution is 2.36. The minimum Gasteiger partial charge on any atom is -0.362 e. The van der Waals surface area contributed by atoms with E-state index in [0.717, 1.165) is 17.5 Å². The van der Waals surface area contributed by atoms with E-state index in [2.05, 4.69) is 23.6 Å². The van der Waals surface area contributed by atoms with Gasteiger partial charge in [0.05, 0.1) is 25.7 Å². The number of nitrogens with zero attached hydrogens (tertiary/aromatic N) is 3. The first-order valence-electron chi connectivity index (χ1n) is 9.62. The van der Waals surface area contributed by atoms with E-state index < -0.39 is 5.60 Å². The monoisotopic (exact) mass is 376 g/mol. The second-order valence-electron chi connectivity index (χ2n) is 7.47. The van der Waals surface area contributed by atoms with E-state index in [1.165, 1.54) is 0 Å². The molecule has 28 heavy (non-hydrogen) atoms. The summed E-state index contributed by atoms with van der Waals surface area (Å²) in [4.78, 5) is 16.1. The summed E-state index contributed by atoms with van der Waals surface area (Å²) in [6.45, 7) is 2.83. The molecule has 2 aliphatic heterocycles. The number of hydrogen-bond acceptors (Lipinski definition) is 4. The molecule has 0 unspecified atom stereocenters. The van der Waals surface area contributed by atoms with Gasteiger partial charge in [0.25, 0.3) is 0 Å². The molecule has 2 fully saturated rings. The number of urea groups is 1. The van der Waals surface area contributed by atoms with Gasteiger partial charge in [-0.05, 0) is 17.5 Å². The van der Waals surface area contributed by atoms with Crippen molar-refractivity contribution in [3.63, 3.8) is 0 Å². The zero-order chi connectivity index (χ0) is 19.4. The van der Waals surface area contributed by atoms with Crippen LogP contribution in [0.3, 0.4) is 0 Å². The van der Waals surface area contributed by atoms with E-state index in [9.17, 15) is 4.79 Å². The zero-order valence-electron chi connectivity index (χ0n) is 15.8. The number of benzene rings is 2. The number of nitriles is 1. The first kappa shape index (κ1) is 18.3. The third-order valence-corrected chi connectivity index (χ3v) is 5.49. The van der Waals surface area contributed by atoms with Gasteiger partial charge in [-0.15, -0.1) is 0 Å². The van der Waals surface area contributed by atoms with Crippen molar-refractivity contribution < 1.29 is 9.53 Å². The van der Waals surface area contributed by atoms with E-state index in [1.54, 1.807) is 9.80 Å². The normalized spacial score (nSPS) is 20.3. The maximum Gasteiger partial charge on any atom is 0.317 e. The maximum atomic E-state index is 12.6. The average Bonchev–Trinajstić information content (AvgIpc) is 3.16. The molecular formula is C22H24N4O2. The topological polar surface area (TPSA) is 68.6 Å². The van der Waals surface area contributed by atoms with Crippen LogP contribution in [0.4, 0.5) is 4.79 Å². The fraction of sp³-hybridized carbons (Fsp3) is 0.364. The largest absolute Gasteiger partial charge is 0.362 e. The summed E-state index contributed by atoms with van der Waals surface area (Å²) in [5.41, 5.74) is 1.72. The van der Waals surface area contributed by atoms with Crippen molar-refractivity contribution in [1.29, 1.82) is 5.26 Å². The standard InChI is InChI=1S/C22H24N4O2/c23-17-25-12-11-20(13-25)24-21(27)26-15-22(16-26,19-9-5-2-6-10-19)28-14-18-7-3-1-4-8-18/h1-10,20H,11-16H2,(H,24,27)/t20-/m1/s1. The zero-order valence-corrected chi connectivity index (χ0v) is 15.8. The predicted octanol–water partition coefficient (Wildman–Crippen LogP) is 2.68. The van der Waals surface area contributed by atoms with Crippen LogP contribution in [0.25, 0.3) is 0 Å². The van der Waals surface area contributed by atoms with Gasteiger partial charge < -0.3 is 19.9 Å². The van der Waals surface area contributed by atoms with Gasteiger partial charge in [-0.1, -0.05) is 60.7 Å². The molecule has 2 saturated heterocycles. The summed E-state index contributed by atoms with van der Waals surface area (Å²) < 4.78 is 6.35.